The Labute approximate surface area is 146 Å². The van der Waals surface area contributed by atoms with Gasteiger partial charge in [-0.05, 0) is 46.1 Å². The summed E-state index contributed by atoms with van der Waals surface area (Å²) in [4.78, 5) is 9.71. The molecule has 0 saturated carbocycles. The number of anilines is 1. The molecule has 3 N–H and O–H groups in total. The van der Waals surface area contributed by atoms with Crippen molar-refractivity contribution in [2.75, 3.05) is 11.9 Å². The first kappa shape index (κ1) is 18.3. The maximum atomic E-state index is 13.2. The predicted octanol–water partition coefficient (Wildman–Crippen LogP) is 2.80. The lowest BCUT2D eigenvalue weighted by Gasteiger charge is -2.11. The smallest absolute Gasteiger partial charge is 0.270 e. The van der Waals surface area contributed by atoms with E-state index >= 15 is 0 Å². The molecule has 2 rings (SSSR count). The first-order valence-corrected chi connectivity index (χ1v) is 9.01. The van der Waals surface area contributed by atoms with Gasteiger partial charge in [-0.3, -0.25) is 10.1 Å². The van der Waals surface area contributed by atoms with Crippen molar-refractivity contribution in [2.45, 2.75) is 11.3 Å². The maximum absolute atomic E-state index is 13.2. The predicted molar refractivity (Wildman–Crippen MR) is 90.8 cm³/mol. The monoisotopic (exact) mass is 417 g/mol. The molecule has 0 spiro atoms. The van der Waals surface area contributed by atoms with E-state index in [0.29, 0.717) is 17.4 Å². The van der Waals surface area contributed by atoms with E-state index in [9.17, 15) is 22.9 Å². The van der Waals surface area contributed by atoms with Gasteiger partial charge in [0.2, 0.25) is 10.0 Å². The topological polar surface area (TPSA) is 115 Å². The molecule has 0 aliphatic carbocycles. The van der Waals surface area contributed by atoms with E-state index in [1.807, 2.05) is 0 Å². The number of rotatable bonds is 6. The van der Waals surface area contributed by atoms with Crippen LogP contribution >= 0.6 is 15.9 Å². The van der Waals surface area contributed by atoms with Gasteiger partial charge >= 0.3 is 0 Å². The van der Waals surface area contributed by atoms with Crippen LogP contribution in [0.4, 0.5) is 15.8 Å². The highest BCUT2D eigenvalue weighted by Crippen LogP contribution is 2.25. The number of hydrogen-bond donors (Lipinski definition) is 2. The van der Waals surface area contributed by atoms with E-state index < -0.39 is 14.9 Å². The molecule has 128 valence electrons. The molecule has 0 heterocycles. The molecule has 0 aliphatic heterocycles. The van der Waals surface area contributed by atoms with E-state index in [-0.39, 0.29) is 22.1 Å². The Hall–Kier alpha value is -2.04. The van der Waals surface area contributed by atoms with Crippen molar-refractivity contribution in [1.82, 2.24) is 0 Å². The number of nitro benzene ring substituents is 1. The minimum absolute atomic E-state index is 0.171. The second-order valence-electron chi connectivity index (χ2n) is 4.91. The van der Waals surface area contributed by atoms with Crippen LogP contribution in [-0.2, 0) is 16.4 Å². The van der Waals surface area contributed by atoms with Crippen LogP contribution in [0.15, 0.2) is 45.8 Å². The highest BCUT2D eigenvalue weighted by atomic mass is 79.9. The number of nitrogens with two attached hydrogens (primary N) is 1. The number of halogens is 2. The third-order valence-corrected chi connectivity index (χ3v) is 4.75. The number of nitro groups is 1. The fourth-order valence-corrected chi connectivity index (χ4v) is 3.20. The summed E-state index contributed by atoms with van der Waals surface area (Å²) in [5, 5.41) is 18.7. The van der Waals surface area contributed by atoms with Crippen LogP contribution in [0.3, 0.4) is 0 Å². The molecule has 0 aliphatic rings. The molecule has 10 heteroatoms. The van der Waals surface area contributed by atoms with Crippen LogP contribution in [0.5, 0.6) is 0 Å². The standard InChI is InChI=1S/C14H13BrFN3O4S/c15-11-7-9(1-3-12(11)16)5-6-18-13-4-2-10(19(20)21)8-14(13)24(17,22)23/h1-4,7-8,18H,5-6H2,(H2,17,22,23). The van der Waals surface area contributed by atoms with Gasteiger partial charge < -0.3 is 5.32 Å². The normalized spacial score (nSPS) is 11.3. The van der Waals surface area contributed by atoms with Crippen LogP contribution < -0.4 is 10.5 Å². The first-order chi connectivity index (χ1) is 11.2. The molecule has 0 saturated heterocycles. The molecule has 0 atom stereocenters. The average molecular weight is 418 g/mol. The Balaban J connectivity index is 2.17. The van der Waals surface area contributed by atoms with Gasteiger partial charge in [-0.15, -0.1) is 0 Å². The third-order valence-electron chi connectivity index (χ3n) is 3.20. The molecule has 0 amide bonds. The quantitative estimate of drug-likeness (QED) is 0.553. The average Bonchev–Trinajstić information content (AvgIpc) is 2.50. The van der Waals surface area contributed by atoms with Gasteiger partial charge in [0.15, 0.2) is 0 Å². The molecule has 2 aromatic carbocycles. The number of hydrogen-bond acceptors (Lipinski definition) is 5. The van der Waals surface area contributed by atoms with Gasteiger partial charge in [-0.25, -0.2) is 17.9 Å². The van der Waals surface area contributed by atoms with Crippen molar-refractivity contribution < 1.29 is 17.7 Å². The summed E-state index contributed by atoms with van der Waals surface area (Å²) in [6, 6.07) is 7.93. The second kappa shape index (κ2) is 7.24. The third kappa shape index (κ3) is 4.49. The molecule has 0 aromatic heterocycles. The van der Waals surface area contributed by atoms with Gasteiger partial charge in [0, 0.05) is 18.7 Å². The van der Waals surface area contributed by atoms with Crippen molar-refractivity contribution in [1.29, 1.82) is 0 Å². The number of nitrogens with one attached hydrogen (secondary N) is 1. The second-order valence-corrected chi connectivity index (χ2v) is 7.29. The molecule has 0 radical (unpaired) electrons. The van der Waals surface area contributed by atoms with Gasteiger partial charge in [0.1, 0.15) is 10.7 Å². The minimum Gasteiger partial charge on any atom is -0.384 e. The van der Waals surface area contributed by atoms with Crippen LogP contribution in [0.25, 0.3) is 0 Å². The van der Waals surface area contributed by atoms with Crippen molar-refractivity contribution in [3.05, 3.63) is 62.4 Å². The Morgan fingerprint density at radius 2 is 1.96 bits per heavy atom. The van der Waals surface area contributed by atoms with Gasteiger partial charge in [-0.1, -0.05) is 6.07 Å². The highest BCUT2D eigenvalue weighted by Gasteiger charge is 2.18. The van der Waals surface area contributed by atoms with E-state index in [2.05, 4.69) is 21.2 Å². The molecular formula is C14H13BrFN3O4S. The van der Waals surface area contributed by atoms with Crippen molar-refractivity contribution in [3.63, 3.8) is 0 Å². The molecular weight excluding hydrogens is 405 g/mol. The summed E-state index contributed by atoms with van der Waals surface area (Å²) >= 11 is 3.09. The van der Waals surface area contributed by atoms with Crippen LogP contribution in [0.2, 0.25) is 0 Å². The molecule has 7 nitrogen and oxygen atoms in total. The molecule has 0 fully saturated rings. The minimum atomic E-state index is -4.12. The van der Waals surface area contributed by atoms with Crippen molar-refractivity contribution in [2.24, 2.45) is 5.14 Å². The largest absolute Gasteiger partial charge is 0.384 e. The summed E-state index contributed by atoms with van der Waals surface area (Å²) in [6.45, 7) is 0.332. The lowest BCUT2D eigenvalue weighted by Crippen LogP contribution is -2.16. The summed E-state index contributed by atoms with van der Waals surface area (Å²) in [5.74, 6) is -0.376. The van der Waals surface area contributed by atoms with Crippen molar-refractivity contribution in [3.8, 4) is 0 Å². The number of non-ortho nitro benzene ring substituents is 1. The molecule has 0 bridgehead atoms. The lowest BCUT2D eigenvalue weighted by molar-refractivity contribution is -0.385. The van der Waals surface area contributed by atoms with E-state index in [4.69, 9.17) is 5.14 Å². The van der Waals surface area contributed by atoms with Crippen molar-refractivity contribution >= 4 is 37.3 Å². The first-order valence-electron chi connectivity index (χ1n) is 6.67. The van der Waals surface area contributed by atoms with Crippen LogP contribution in [0.1, 0.15) is 5.56 Å². The molecule has 2 aromatic rings. The van der Waals surface area contributed by atoms with Gasteiger partial charge in [0.25, 0.3) is 5.69 Å². The Morgan fingerprint density at radius 1 is 1.25 bits per heavy atom. The number of nitrogens with zero attached hydrogens (tertiary/aromatic N) is 1. The lowest BCUT2D eigenvalue weighted by atomic mass is 10.1. The zero-order valence-electron chi connectivity index (χ0n) is 12.2. The fraction of sp³-hybridized carbons (Fsp3) is 0.143. The number of benzene rings is 2. The number of primary sulfonamides is 1. The highest BCUT2D eigenvalue weighted by molar-refractivity contribution is 9.10. The Bertz CT molecular complexity index is 890. The van der Waals surface area contributed by atoms with Gasteiger partial charge in [0.05, 0.1) is 15.1 Å². The summed E-state index contributed by atoms with van der Waals surface area (Å²) < 4.78 is 36.7. The SMILES string of the molecule is NS(=O)(=O)c1cc([N+](=O)[O-])ccc1NCCc1ccc(F)c(Br)c1. The van der Waals surface area contributed by atoms with Crippen LogP contribution in [-0.4, -0.2) is 19.9 Å². The van der Waals surface area contributed by atoms with E-state index in [0.717, 1.165) is 11.6 Å². The Kier molecular flexibility index (Phi) is 5.52. The molecule has 24 heavy (non-hydrogen) atoms. The Morgan fingerprint density at radius 3 is 2.54 bits per heavy atom. The van der Waals surface area contributed by atoms with Gasteiger partial charge in [-0.2, -0.15) is 0 Å². The maximum Gasteiger partial charge on any atom is 0.270 e. The zero-order chi connectivity index (χ0) is 17.9. The van der Waals surface area contributed by atoms with Crippen LogP contribution in [0, 0.1) is 15.9 Å². The summed E-state index contributed by atoms with van der Waals surface area (Å²) in [7, 11) is -4.12. The van der Waals surface area contributed by atoms with E-state index in [1.165, 1.54) is 18.2 Å². The zero-order valence-corrected chi connectivity index (χ0v) is 14.6. The number of sulfonamides is 1. The molecule has 0 unspecified atom stereocenters. The van der Waals surface area contributed by atoms with E-state index in [1.54, 1.807) is 12.1 Å². The summed E-state index contributed by atoms with van der Waals surface area (Å²) in [6.07, 6.45) is 0.486. The summed E-state index contributed by atoms with van der Waals surface area (Å²) in [5.41, 5.74) is 0.631. The fourth-order valence-electron chi connectivity index (χ4n) is 2.04.